The number of hydrogen-bond donors (Lipinski definition) is 1. The van der Waals surface area contributed by atoms with Gasteiger partial charge in [-0.2, -0.15) is 0 Å². The van der Waals surface area contributed by atoms with Gasteiger partial charge in [-0.25, -0.2) is 0 Å². The van der Waals surface area contributed by atoms with Crippen molar-refractivity contribution in [1.82, 2.24) is 25.3 Å². The number of piperazine rings is 1. The fraction of sp³-hybridized carbons (Fsp3) is 0.571. The molecule has 2 aliphatic rings. The summed E-state index contributed by atoms with van der Waals surface area (Å²) in [7, 11) is 0. The Morgan fingerprint density at radius 2 is 2.05 bits per heavy atom. The highest BCUT2D eigenvalue weighted by Gasteiger charge is 2.28. The second-order valence-electron chi connectivity index (χ2n) is 5.60. The molecule has 21 heavy (non-hydrogen) atoms. The van der Waals surface area contributed by atoms with Gasteiger partial charge in [-0.3, -0.25) is 9.80 Å². The molecule has 4 heterocycles. The summed E-state index contributed by atoms with van der Waals surface area (Å²) < 4.78 is 10.9. The Morgan fingerprint density at radius 1 is 1.19 bits per heavy atom. The van der Waals surface area contributed by atoms with Gasteiger partial charge in [-0.05, 0) is 12.1 Å². The van der Waals surface area contributed by atoms with Gasteiger partial charge in [0.2, 0.25) is 5.89 Å². The minimum Gasteiger partial charge on any atom is -0.459 e. The van der Waals surface area contributed by atoms with Crippen molar-refractivity contribution < 1.29 is 8.83 Å². The topological polar surface area (TPSA) is 70.6 Å². The van der Waals surface area contributed by atoms with Crippen molar-refractivity contribution in [2.24, 2.45) is 0 Å². The second-order valence-corrected chi connectivity index (χ2v) is 5.60. The number of nitrogens with zero attached hydrogens (tertiary/aromatic N) is 4. The lowest BCUT2D eigenvalue weighted by Crippen LogP contribution is -2.61. The summed E-state index contributed by atoms with van der Waals surface area (Å²) in [5.41, 5.74) is 0. The van der Waals surface area contributed by atoms with Crippen LogP contribution in [0.3, 0.4) is 0 Å². The molecule has 2 fully saturated rings. The summed E-state index contributed by atoms with van der Waals surface area (Å²) in [6.45, 7) is 7.32. The van der Waals surface area contributed by atoms with Crippen LogP contribution in [0.5, 0.6) is 0 Å². The molecule has 0 radical (unpaired) electrons. The van der Waals surface area contributed by atoms with E-state index in [0.717, 1.165) is 45.3 Å². The van der Waals surface area contributed by atoms with Crippen LogP contribution in [0.2, 0.25) is 0 Å². The van der Waals surface area contributed by atoms with Crippen LogP contribution in [-0.4, -0.2) is 65.3 Å². The normalized spacial score (nSPS) is 21.5. The van der Waals surface area contributed by atoms with E-state index in [2.05, 4.69) is 25.3 Å². The summed E-state index contributed by atoms with van der Waals surface area (Å²) in [5.74, 6) is 1.73. The molecule has 0 atom stereocenters. The largest absolute Gasteiger partial charge is 0.459 e. The lowest BCUT2D eigenvalue weighted by molar-refractivity contribution is 0.0657. The van der Waals surface area contributed by atoms with Crippen molar-refractivity contribution in [3.05, 3.63) is 24.3 Å². The Morgan fingerprint density at radius 3 is 2.71 bits per heavy atom. The van der Waals surface area contributed by atoms with E-state index in [9.17, 15) is 0 Å². The highest BCUT2D eigenvalue weighted by molar-refractivity contribution is 5.42. The highest BCUT2D eigenvalue weighted by Crippen LogP contribution is 2.19. The average Bonchev–Trinajstić information content (AvgIpc) is 3.09. The van der Waals surface area contributed by atoms with Crippen LogP contribution in [0.25, 0.3) is 11.7 Å². The molecule has 7 nitrogen and oxygen atoms in total. The maximum atomic E-state index is 5.66. The van der Waals surface area contributed by atoms with Gasteiger partial charge >= 0.3 is 0 Å². The van der Waals surface area contributed by atoms with Crippen LogP contribution in [0.1, 0.15) is 5.89 Å². The summed E-state index contributed by atoms with van der Waals surface area (Å²) in [6, 6.07) is 4.37. The third-order valence-electron chi connectivity index (χ3n) is 4.24. The maximum absolute atomic E-state index is 5.66. The molecule has 0 spiro atoms. The number of nitrogens with one attached hydrogen (secondary N) is 1. The Kier molecular flexibility index (Phi) is 3.46. The average molecular weight is 289 g/mol. The number of aromatic nitrogens is 2. The van der Waals surface area contributed by atoms with Crippen molar-refractivity contribution >= 4 is 0 Å². The Bertz CT molecular complexity index is 570. The Labute approximate surface area is 122 Å². The summed E-state index contributed by atoms with van der Waals surface area (Å²) >= 11 is 0. The van der Waals surface area contributed by atoms with Crippen molar-refractivity contribution in [2.45, 2.75) is 12.6 Å². The molecule has 0 saturated carbocycles. The lowest BCUT2D eigenvalue weighted by atomic mass is 10.1. The fourth-order valence-electron chi connectivity index (χ4n) is 2.83. The predicted molar refractivity (Wildman–Crippen MR) is 75.5 cm³/mol. The molecular weight excluding hydrogens is 270 g/mol. The van der Waals surface area contributed by atoms with Crippen LogP contribution in [0, 0.1) is 0 Å². The van der Waals surface area contributed by atoms with Crippen LogP contribution >= 0.6 is 0 Å². The third-order valence-corrected chi connectivity index (χ3v) is 4.24. The molecule has 0 amide bonds. The smallest absolute Gasteiger partial charge is 0.283 e. The van der Waals surface area contributed by atoms with Gasteiger partial charge in [-0.1, -0.05) is 0 Å². The van der Waals surface area contributed by atoms with Gasteiger partial charge in [-0.15, -0.1) is 10.2 Å². The van der Waals surface area contributed by atoms with Crippen molar-refractivity contribution in [3.8, 4) is 11.7 Å². The molecule has 112 valence electrons. The van der Waals surface area contributed by atoms with E-state index in [1.54, 1.807) is 6.26 Å². The molecular formula is C14H19N5O2. The van der Waals surface area contributed by atoms with Gasteiger partial charge < -0.3 is 14.2 Å². The number of furan rings is 1. The molecule has 0 aliphatic carbocycles. The zero-order chi connectivity index (χ0) is 14.1. The van der Waals surface area contributed by atoms with E-state index in [1.807, 2.05) is 12.1 Å². The zero-order valence-electron chi connectivity index (χ0n) is 11.9. The first-order chi connectivity index (χ1) is 10.4. The molecule has 0 unspecified atom stereocenters. The molecule has 0 bridgehead atoms. The van der Waals surface area contributed by atoms with Gasteiger partial charge in [0.1, 0.15) is 0 Å². The van der Waals surface area contributed by atoms with Crippen LogP contribution < -0.4 is 5.32 Å². The Hall–Kier alpha value is -1.70. The Balaban J connectivity index is 1.32. The molecule has 4 rings (SSSR count). The van der Waals surface area contributed by atoms with Crippen LogP contribution in [-0.2, 0) is 6.54 Å². The van der Waals surface area contributed by atoms with E-state index in [0.29, 0.717) is 24.1 Å². The molecule has 2 aliphatic heterocycles. The summed E-state index contributed by atoms with van der Waals surface area (Å²) in [4.78, 5) is 4.93. The van der Waals surface area contributed by atoms with E-state index >= 15 is 0 Å². The first-order valence-corrected chi connectivity index (χ1v) is 7.42. The van der Waals surface area contributed by atoms with E-state index in [1.165, 1.54) is 0 Å². The minimum atomic E-state index is 0.453. The molecule has 0 aromatic carbocycles. The number of hydrogen-bond acceptors (Lipinski definition) is 7. The van der Waals surface area contributed by atoms with Crippen molar-refractivity contribution in [2.75, 3.05) is 39.3 Å². The molecule has 2 aromatic heterocycles. The fourth-order valence-corrected chi connectivity index (χ4v) is 2.83. The third kappa shape index (κ3) is 2.72. The van der Waals surface area contributed by atoms with E-state index in [-0.39, 0.29) is 0 Å². The number of rotatable bonds is 4. The monoisotopic (exact) mass is 289 g/mol. The zero-order valence-corrected chi connectivity index (χ0v) is 11.9. The molecule has 2 aromatic rings. The molecule has 2 saturated heterocycles. The quantitative estimate of drug-likeness (QED) is 0.874. The van der Waals surface area contributed by atoms with E-state index in [4.69, 9.17) is 8.83 Å². The highest BCUT2D eigenvalue weighted by atomic mass is 16.4. The molecule has 1 N–H and O–H groups in total. The van der Waals surface area contributed by atoms with Gasteiger partial charge in [0.25, 0.3) is 5.89 Å². The first kappa shape index (κ1) is 13.0. The lowest BCUT2D eigenvalue weighted by Gasteiger charge is -2.43. The van der Waals surface area contributed by atoms with Crippen LogP contribution in [0.4, 0.5) is 0 Å². The first-order valence-electron chi connectivity index (χ1n) is 7.42. The van der Waals surface area contributed by atoms with Gasteiger partial charge in [0, 0.05) is 45.3 Å². The van der Waals surface area contributed by atoms with E-state index < -0.39 is 0 Å². The molecule has 7 heteroatoms. The van der Waals surface area contributed by atoms with Crippen LogP contribution in [0.15, 0.2) is 27.2 Å². The minimum absolute atomic E-state index is 0.453. The van der Waals surface area contributed by atoms with Crippen molar-refractivity contribution in [3.63, 3.8) is 0 Å². The van der Waals surface area contributed by atoms with Crippen molar-refractivity contribution in [1.29, 1.82) is 0 Å². The van der Waals surface area contributed by atoms with Gasteiger partial charge in [0.05, 0.1) is 12.8 Å². The second kappa shape index (κ2) is 5.59. The summed E-state index contributed by atoms with van der Waals surface area (Å²) in [6.07, 6.45) is 1.60. The predicted octanol–water partition coefficient (Wildman–Crippen LogP) is 0.419. The summed E-state index contributed by atoms with van der Waals surface area (Å²) in [5, 5.41) is 11.5. The van der Waals surface area contributed by atoms with Gasteiger partial charge in [0.15, 0.2) is 5.76 Å². The maximum Gasteiger partial charge on any atom is 0.283 e. The SMILES string of the molecule is c1coc(-c2nnc(CN3CCN(C4CNC4)CC3)o2)c1. The standard InChI is InChI=1S/C14H19N5O2/c1-2-12(20-7-1)14-17-16-13(21-14)10-18-3-5-19(6-4-18)11-8-15-9-11/h1-2,7,11,15H,3-6,8-10H2.